The summed E-state index contributed by atoms with van der Waals surface area (Å²) in [5, 5.41) is 2.51. The van der Waals surface area contributed by atoms with Crippen LogP contribution in [-0.2, 0) is 9.53 Å². The summed E-state index contributed by atoms with van der Waals surface area (Å²) >= 11 is 0. The second-order valence-corrected chi connectivity index (χ2v) is 3.72. The molecule has 0 aromatic rings. The van der Waals surface area contributed by atoms with Crippen LogP contribution in [-0.4, -0.2) is 60.8 Å². The van der Waals surface area contributed by atoms with Crippen molar-refractivity contribution in [3.05, 3.63) is 12.7 Å². The number of ether oxygens (including phenoxy) is 1. The van der Waals surface area contributed by atoms with Gasteiger partial charge in [0, 0.05) is 13.1 Å². The largest absolute Gasteiger partial charge is 0.379 e. The highest BCUT2D eigenvalue weighted by Gasteiger charge is 2.36. The van der Waals surface area contributed by atoms with E-state index < -0.39 is 0 Å². The number of carbonyl (C=O) groups is 2. The maximum atomic E-state index is 11.6. The maximum absolute atomic E-state index is 11.6. The first-order valence-corrected chi connectivity index (χ1v) is 5.28. The third-order valence-corrected chi connectivity index (χ3v) is 2.77. The Hall–Kier alpha value is -1.40. The lowest BCUT2D eigenvalue weighted by atomic mass is 10.3. The standard InChI is InChI=1S/C10H15N3O3/c1-2-8(12-3-5-16-6-4-12)13-9(14)7-11-10(13)15/h2,8H,1,3-7H2,(H,11,15). The Balaban J connectivity index is 2.11. The van der Waals surface area contributed by atoms with Crippen molar-refractivity contribution >= 4 is 11.9 Å². The predicted octanol–water partition coefficient (Wildman–Crippen LogP) is -0.617. The van der Waals surface area contributed by atoms with Crippen LogP contribution < -0.4 is 5.32 Å². The third kappa shape index (κ3) is 1.94. The van der Waals surface area contributed by atoms with Gasteiger partial charge in [0.1, 0.15) is 6.17 Å². The summed E-state index contributed by atoms with van der Waals surface area (Å²) < 4.78 is 5.23. The van der Waals surface area contributed by atoms with E-state index in [0.29, 0.717) is 26.3 Å². The average Bonchev–Trinajstić information content (AvgIpc) is 2.63. The number of amides is 3. The van der Waals surface area contributed by atoms with Gasteiger partial charge in [0.25, 0.3) is 5.91 Å². The molecule has 0 saturated carbocycles. The first kappa shape index (κ1) is 11.1. The predicted molar refractivity (Wildman–Crippen MR) is 56.6 cm³/mol. The van der Waals surface area contributed by atoms with Crippen molar-refractivity contribution in [2.75, 3.05) is 32.8 Å². The molecule has 16 heavy (non-hydrogen) atoms. The van der Waals surface area contributed by atoms with Crippen molar-refractivity contribution in [2.45, 2.75) is 6.17 Å². The van der Waals surface area contributed by atoms with Crippen molar-refractivity contribution in [2.24, 2.45) is 0 Å². The highest BCUT2D eigenvalue weighted by Crippen LogP contribution is 2.13. The van der Waals surface area contributed by atoms with Crippen LogP contribution in [0.1, 0.15) is 0 Å². The van der Waals surface area contributed by atoms with Crippen LogP contribution in [0.25, 0.3) is 0 Å². The summed E-state index contributed by atoms with van der Waals surface area (Å²) in [5.74, 6) is -0.207. The van der Waals surface area contributed by atoms with E-state index in [1.807, 2.05) is 4.90 Å². The van der Waals surface area contributed by atoms with Crippen LogP contribution in [0, 0.1) is 0 Å². The molecule has 2 aliphatic rings. The van der Waals surface area contributed by atoms with Gasteiger partial charge in [-0.15, -0.1) is 0 Å². The molecule has 0 aromatic carbocycles. The smallest absolute Gasteiger partial charge is 0.326 e. The van der Waals surface area contributed by atoms with Crippen LogP contribution >= 0.6 is 0 Å². The fraction of sp³-hybridized carbons (Fsp3) is 0.600. The molecule has 0 aliphatic carbocycles. The van der Waals surface area contributed by atoms with E-state index in [1.54, 1.807) is 6.08 Å². The minimum atomic E-state index is -0.362. The van der Waals surface area contributed by atoms with Gasteiger partial charge in [-0.1, -0.05) is 12.7 Å². The van der Waals surface area contributed by atoms with Gasteiger partial charge >= 0.3 is 6.03 Å². The van der Waals surface area contributed by atoms with Crippen molar-refractivity contribution in [1.29, 1.82) is 0 Å². The molecule has 1 N–H and O–H groups in total. The number of imide groups is 1. The normalized spacial score (nSPS) is 24.4. The molecule has 2 rings (SSSR count). The van der Waals surface area contributed by atoms with Crippen molar-refractivity contribution in [1.82, 2.24) is 15.1 Å². The third-order valence-electron chi connectivity index (χ3n) is 2.77. The number of nitrogens with zero attached hydrogens (tertiary/aromatic N) is 2. The summed E-state index contributed by atoms with van der Waals surface area (Å²) in [7, 11) is 0. The zero-order valence-corrected chi connectivity index (χ0v) is 9.02. The Labute approximate surface area is 93.8 Å². The fourth-order valence-electron chi connectivity index (χ4n) is 1.96. The highest BCUT2D eigenvalue weighted by molar-refractivity contribution is 6.02. The Morgan fingerprint density at radius 1 is 1.38 bits per heavy atom. The molecule has 0 bridgehead atoms. The molecule has 88 valence electrons. The van der Waals surface area contributed by atoms with Crippen molar-refractivity contribution in [3.8, 4) is 0 Å². The number of hydrogen-bond donors (Lipinski definition) is 1. The monoisotopic (exact) mass is 225 g/mol. The van der Waals surface area contributed by atoms with E-state index in [0.717, 1.165) is 0 Å². The minimum Gasteiger partial charge on any atom is -0.379 e. The molecule has 3 amide bonds. The van der Waals surface area contributed by atoms with Gasteiger partial charge in [-0.05, 0) is 0 Å². The first-order chi connectivity index (χ1) is 7.74. The van der Waals surface area contributed by atoms with Gasteiger partial charge in [-0.3, -0.25) is 9.69 Å². The van der Waals surface area contributed by atoms with Crippen LogP contribution in [0.4, 0.5) is 4.79 Å². The van der Waals surface area contributed by atoms with Gasteiger partial charge in [0.05, 0.1) is 19.8 Å². The molecular formula is C10H15N3O3. The minimum absolute atomic E-state index is 0.0769. The summed E-state index contributed by atoms with van der Waals surface area (Å²) in [4.78, 5) is 26.3. The van der Waals surface area contributed by atoms with Gasteiger partial charge < -0.3 is 10.1 Å². The molecular weight excluding hydrogens is 210 g/mol. The molecule has 2 heterocycles. The Morgan fingerprint density at radius 3 is 2.56 bits per heavy atom. The van der Waals surface area contributed by atoms with E-state index >= 15 is 0 Å². The van der Waals surface area contributed by atoms with E-state index in [2.05, 4.69) is 11.9 Å². The van der Waals surface area contributed by atoms with Gasteiger partial charge in [-0.2, -0.15) is 0 Å². The zero-order valence-electron chi connectivity index (χ0n) is 9.02. The molecule has 2 saturated heterocycles. The summed E-state index contributed by atoms with van der Waals surface area (Å²) in [6.45, 7) is 6.41. The summed E-state index contributed by atoms with van der Waals surface area (Å²) in [6, 6.07) is -0.346. The molecule has 0 spiro atoms. The van der Waals surface area contributed by atoms with E-state index in [4.69, 9.17) is 4.74 Å². The first-order valence-electron chi connectivity index (χ1n) is 5.28. The van der Waals surface area contributed by atoms with Crippen LogP contribution in [0.5, 0.6) is 0 Å². The molecule has 2 fully saturated rings. The Bertz CT molecular complexity index is 296. The second-order valence-electron chi connectivity index (χ2n) is 3.72. The molecule has 6 nitrogen and oxygen atoms in total. The van der Waals surface area contributed by atoms with Gasteiger partial charge in [0.15, 0.2) is 0 Å². The highest BCUT2D eigenvalue weighted by atomic mass is 16.5. The maximum Gasteiger partial charge on any atom is 0.326 e. The summed E-state index contributed by atoms with van der Waals surface area (Å²) in [5.41, 5.74) is 0. The average molecular weight is 225 g/mol. The number of morpholine rings is 1. The molecule has 1 atom stereocenters. The number of hydrogen-bond acceptors (Lipinski definition) is 4. The van der Waals surface area contributed by atoms with E-state index in [-0.39, 0.29) is 24.6 Å². The van der Waals surface area contributed by atoms with Crippen LogP contribution in [0.2, 0.25) is 0 Å². The number of rotatable bonds is 3. The lowest BCUT2D eigenvalue weighted by Crippen LogP contribution is -2.53. The quantitative estimate of drug-likeness (QED) is 0.514. The second kappa shape index (κ2) is 4.63. The van der Waals surface area contributed by atoms with Crippen LogP contribution in [0.3, 0.4) is 0 Å². The number of urea groups is 1. The number of nitrogens with one attached hydrogen (secondary N) is 1. The van der Waals surface area contributed by atoms with E-state index in [9.17, 15) is 9.59 Å². The molecule has 0 radical (unpaired) electrons. The molecule has 1 unspecified atom stereocenters. The van der Waals surface area contributed by atoms with Crippen molar-refractivity contribution < 1.29 is 14.3 Å². The van der Waals surface area contributed by atoms with Crippen LogP contribution in [0.15, 0.2) is 12.7 Å². The summed E-state index contributed by atoms with van der Waals surface area (Å²) in [6.07, 6.45) is 1.26. The molecule has 2 aliphatic heterocycles. The lowest BCUT2D eigenvalue weighted by molar-refractivity contribution is -0.129. The number of carbonyl (C=O) groups excluding carboxylic acids is 2. The Morgan fingerprint density at radius 2 is 2.06 bits per heavy atom. The molecule has 6 heteroatoms. The Kier molecular flexibility index (Phi) is 3.21. The van der Waals surface area contributed by atoms with Gasteiger partial charge in [0.2, 0.25) is 0 Å². The van der Waals surface area contributed by atoms with Crippen molar-refractivity contribution in [3.63, 3.8) is 0 Å². The lowest BCUT2D eigenvalue weighted by Gasteiger charge is -2.36. The fourth-order valence-corrected chi connectivity index (χ4v) is 1.96. The van der Waals surface area contributed by atoms with Gasteiger partial charge in [-0.25, -0.2) is 9.69 Å². The zero-order chi connectivity index (χ0) is 11.5. The SMILES string of the molecule is C=CC(N1CCOCC1)N1C(=O)CNC1=O. The molecule has 0 aromatic heterocycles. The van der Waals surface area contributed by atoms with E-state index in [1.165, 1.54) is 4.90 Å². The topological polar surface area (TPSA) is 61.9 Å².